The van der Waals surface area contributed by atoms with Crippen LogP contribution in [0.3, 0.4) is 0 Å². The van der Waals surface area contributed by atoms with Gasteiger partial charge in [0.1, 0.15) is 12.6 Å². The zero-order chi connectivity index (χ0) is 25.8. The SMILES string of the molecule is CCC(C(=O)NC1CCCC1)N(Cc1ccc2c(c1)OCO2)C(=O)Cn1nnc(-c2ccc(C)cc2)n1. The van der Waals surface area contributed by atoms with E-state index in [1.165, 1.54) is 4.80 Å². The molecule has 0 bridgehead atoms. The number of tetrazole rings is 1. The van der Waals surface area contributed by atoms with Gasteiger partial charge in [0, 0.05) is 18.2 Å². The molecule has 1 fully saturated rings. The fourth-order valence-electron chi connectivity index (χ4n) is 4.86. The number of hydrogen-bond acceptors (Lipinski definition) is 7. The van der Waals surface area contributed by atoms with E-state index in [2.05, 4.69) is 20.7 Å². The Morgan fingerprint density at radius 2 is 1.86 bits per heavy atom. The van der Waals surface area contributed by atoms with Crippen LogP contribution < -0.4 is 14.8 Å². The normalized spacial score (nSPS) is 15.5. The second-order valence-corrected chi connectivity index (χ2v) is 9.63. The lowest BCUT2D eigenvalue weighted by atomic mass is 10.1. The molecular weight excluding hydrogens is 472 g/mol. The molecule has 1 saturated carbocycles. The van der Waals surface area contributed by atoms with Crippen LogP contribution in [0.25, 0.3) is 11.4 Å². The molecule has 0 saturated heterocycles. The highest BCUT2D eigenvalue weighted by Gasteiger charge is 2.31. The Morgan fingerprint density at radius 1 is 1.11 bits per heavy atom. The third kappa shape index (κ3) is 5.73. The van der Waals surface area contributed by atoms with E-state index in [0.29, 0.717) is 23.7 Å². The van der Waals surface area contributed by atoms with Gasteiger partial charge in [-0.05, 0) is 49.1 Å². The smallest absolute Gasteiger partial charge is 0.247 e. The molecule has 1 aromatic heterocycles. The molecule has 0 spiro atoms. The van der Waals surface area contributed by atoms with E-state index in [9.17, 15) is 9.59 Å². The number of rotatable bonds is 9. The summed E-state index contributed by atoms with van der Waals surface area (Å²) in [5.41, 5.74) is 2.80. The number of nitrogens with zero attached hydrogens (tertiary/aromatic N) is 5. The van der Waals surface area contributed by atoms with Crippen molar-refractivity contribution in [1.82, 2.24) is 30.4 Å². The van der Waals surface area contributed by atoms with Crippen LogP contribution in [-0.4, -0.2) is 55.8 Å². The van der Waals surface area contributed by atoms with Crippen LogP contribution in [0.1, 0.15) is 50.2 Å². The van der Waals surface area contributed by atoms with Gasteiger partial charge in [-0.15, -0.1) is 10.2 Å². The van der Waals surface area contributed by atoms with E-state index < -0.39 is 6.04 Å². The summed E-state index contributed by atoms with van der Waals surface area (Å²) in [4.78, 5) is 29.9. The number of hydrogen-bond donors (Lipinski definition) is 1. The van der Waals surface area contributed by atoms with Gasteiger partial charge in [-0.3, -0.25) is 9.59 Å². The second-order valence-electron chi connectivity index (χ2n) is 9.63. The summed E-state index contributed by atoms with van der Waals surface area (Å²) in [5, 5.41) is 15.8. The van der Waals surface area contributed by atoms with Gasteiger partial charge in [0.2, 0.25) is 24.4 Å². The Kier molecular flexibility index (Phi) is 7.34. The molecule has 194 valence electrons. The summed E-state index contributed by atoms with van der Waals surface area (Å²) in [5.74, 6) is 1.35. The van der Waals surface area contributed by atoms with E-state index in [-0.39, 0.29) is 37.7 Å². The van der Waals surface area contributed by atoms with Crippen LogP contribution in [0, 0.1) is 6.92 Å². The number of ether oxygens (including phenoxy) is 2. The highest BCUT2D eigenvalue weighted by molar-refractivity contribution is 5.87. The van der Waals surface area contributed by atoms with Crippen molar-refractivity contribution >= 4 is 11.8 Å². The van der Waals surface area contributed by atoms with Gasteiger partial charge in [-0.25, -0.2) is 0 Å². The molecule has 3 aromatic rings. The lowest BCUT2D eigenvalue weighted by Crippen LogP contribution is -2.51. The molecule has 2 aromatic carbocycles. The minimum atomic E-state index is -0.626. The van der Waals surface area contributed by atoms with E-state index in [1.54, 1.807) is 4.90 Å². The number of carbonyl (C=O) groups is 2. The van der Waals surface area contributed by atoms with Gasteiger partial charge >= 0.3 is 0 Å². The number of aromatic nitrogens is 4. The summed E-state index contributed by atoms with van der Waals surface area (Å²) in [7, 11) is 0. The maximum Gasteiger partial charge on any atom is 0.247 e. The predicted molar refractivity (Wildman–Crippen MR) is 136 cm³/mol. The van der Waals surface area contributed by atoms with Gasteiger partial charge < -0.3 is 19.7 Å². The average Bonchev–Trinajstić information content (AvgIpc) is 3.66. The Bertz CT molecular complexity index is 1250. The molecule has 2 heterocycles. The molecule has 5 rings (SSSR count). The van der Waals surface area contributed by atoms with E-state index >= 15 is 0 Å². The standard InChI is InChI=1S/C27H32N6O4/c1-3-22(27(35)28-21-6-4-5-7-21)32(15-19-10-13-23-24(14-19)37-17-36-23)25(34)16-33-30-26(29-31-33)20-11-8-18(2)9-12-20/h8-14,21-22H,3-7,15-17H2,1-2H3,(H,28,35). The molecule has 2 aliphatic rings. The molecule has 1 aliphatic heterocycles. The van der Waals surface area contributed by atoms with E-state index in [0.717, 1.165) is 42.4 Å². The Morgan fingerprint density at radius 3 is 2.62 bits per heavy atom. The van der Waals surface area contributed by atoms with Crippen molar-refractivity contribution < 1.29 is 19.1 Å². The molecule has 0 radical (unpaired) electrons. The summed E-state index contributed by atoms with van der Waals surface area (Å²) in [6.45, 7) is 4.21. The van der Waals surface area contributed by atoms with Gasteiger partial charge in [-0.2, -0.15) is 4.80 Å². The summed E-state index contributed by atoms with van der Waals surface area (Å²) < 4.78 is 10.9. The highest BCUT2D eigenvalue weighted by Crippen LogP contribution is 2.33. The van der Waals surface area contributed by atoms with E-state index in [4.69, 9.17) is 9.47 Å². The molecule has 10 nitrogen and oxygen atoms in total. The summed E-state index contributed by atoms with van der Waals surface area (Å²) in [6, 6.07) is 12.9. The molecule has 10 heteroatoms. The van der Waals surface area contributed by atoms with Gasteiger partial charge in [-0.1, -0.05) is 55.7 Å². The van der Waals surface area contributed by atoms with Crippen LogP contribution in [0.5, 0.6) is 11.5 Å². The Labute approximate surface area is 215 Å². The van der Waals surface area contributed by atoms with Crippen molar-refractivity contribution in [3.8, 4) is 22.9 Å². The largest absolute Gasteiger partial charge is 0.454 e. The van der Waals surface area contributed by atoms with Crippen LogP contribution in [0.15, 0.2) is 42.5 Å². The highest BCUT2D eigenvalue weighted by atomic mass is 16.7. The second kappa shape index (κ2) is 11.0. The Balaban J connectivity index is 1.36. The van der Waals surface area contributed by atoms with Gasteiger partial charge in [0.25, 0.3) is 0 Å². The van der Waals surface area contributed by atoms with Crippen molar-refractivity contribution in [3.63, 3.8) is 0 Å². The first-order valence-corrected chi connectivity index (χ1v) is 12.8. The van der Waals surface area contributed by atoms with Crippen LogP contribution >= 0.6 is 0 Å². The molecule has 2 amide bonds. The first kappa shape index (κ1) is 24.7. The zero-order valence-corrected chi connectivity index (χ0v) is 21.2. The summed E-state index contributed by atoms with van der Waals surface area (Å²) >= 11 is 0. The third-order valence-electron chi connectivity index (χ3n) is 6.92. The molecule has 37 heavy (non-hydrogen) atoms. The van der Waals surface area contributed by atoms with Crippen LogP contribution in [0.2, 0.25) is 0 Å². The van der Waals surface area contributed by atoms with Crippen LogP contribution in [-0.2, 0) is 22.7 Å². The van der Waals surface area contributed by atoms with Crippen molar-refractivity contribution in [3.05, 3.63) is 53.6 Å². The predicted octanol–water partition coefficient (Wildman–Crippen LogP) is 3.24. The first-order chi connectivity index (χ1) is 18.0. The molecule has 1 N–H and O–H groups in total. The summed E-state index contributed by atoms with van der Waals surface area (Å²) in [6.07, 6.45) is 4.66. The minimum absolute atomic E-state index is 0.128. The maximum atomic E-state index is 13.6. The third-order valence-corrected chi connectivity index (χ3v) is 6.92. The fourth-order valence-corrected chi connectivity index (χ4v) is 4.86. The fraction of sp³-hybridized carbons (Fsp3) is 0.444. The number of nitrogens with one attached hydrogen (secondary N) is 1. The van der Waals surface area contributed by atoms with E-state index in [1.807, 2.05) is 56.3 Å². The molecule has 1 unspecified atom stereocenters. The van der Waals surface area contributed by atoms with Crippen molar-refractivity contribution in [1.29, 1.82) is 0 Å². The number of fused-ring (bicyclic) bond motifs is 1. The lowest BCUT2D eigenvalue weighted by Gasteiger charge is -2.31. The Hall–Kier alpha value is -3.95. The molecular formula is C27H32N6O4. The van der Waals surface area contributed by atoms with Crippen LogP contribution in [0.4, 0.5) is 0 Å². The van der Waals surface area contributed by atoms with Crippen molar-refractivity contribution in [2.75, 3.05) is 6.79 Å². The number of amides is 2. The first-order valence-electron chi connectivity index (χ1n) is 12.8. The molecule has 1 aliphatic carbocycles. The monoisotopic (exact) mass is 504 g/mol. The quantitative estimate of drug-likeness (QED) is 0.476. The van der Waals surface area contributed by atoms with Crippen molar-refractivity contribution in [2.45, 2.75) is 71.1 Å². The zero-order valence-electron chi connectivity index (χ0n) is 21.2. The number of carbonyl (C=O) groups excluding carboxylic acids is 2. The molecule has 1 atom stereocenters. The lowest BCUT2D eigenvalue weighted by molar-refractivity contribution is -0.142. The van der Waals surface area contributed by atoms with Gasteiger partial charge in [0.05, 0.1) is 0 Å². The topological polar surface area (TPSA) is 111 Å². The maximum absolute atomic E-state index is 13.6. The minimum Gasteiger partial charge on any atom is -0.454 e. The van der Waals surface area contributed by atoms with Crippen molar-refractivity contribution in [2.24, 2.45) is 0 Å². The average molecular weight is 505 g/mol. The number of benzene rings is 2. The number of aryl methyl sites for hydroxylation is 1. The van der Waals surface area contributed by atoms with Gasteiger partial charge in [0.15, 0.2) is 11.5 Å².